The minimum atomic E-state index is -0.384. The SMILES string of the molecule is C=C(NC(C)=O)C1=CC(=O)OC(C)C1. The van der Waals surface area contributed by atoms with Gasteiger partial charge in [0.05, 0.1) is 0 Å². The van der Waals surface area contributed by atoms with Gasteiger partial charge in [0.15, 0.2) is 0 Å². The molecule has 1 aliphatic heterocycles. The van der Waals surface area contributed by atoms with Gasteiger partial charge in [-0.25, -0.2) is 4.79 Å². The van der Waals surface area contributed by atoms with E-state index in [1.807, 2.05) is 0 Å². The van der Waals surface area contributed by atoms with Crippen LogP contribution in [0.2, 0.25) is 0 Å². The van der Waals surface area contributed by atoms with Gasteiger partial charge in [-0.05, 0) is 12.5 Å². The van der Waals surface area contributed by atoms with E-state index in [4.69, 9.17) is 4.74 Å². The number of rotatable bonds is 2. The molecule has 0 fully saturated rings. The zero-order valence-electron chi connectivity index (χ0n) is 8.29. The quantitative estimate of drug-likeness (QED) is 0.666. The third-order valence-corrected chi connectivity index (χ3v) is 1.83. The molecule has 0 aromatic rings. The second-order valence-electron chi connectivity index (χ2n) is 3.28. The van der Waals surface area contributed by atoms with Crippen LogP contribution in [0.5, 0.6) is 0 Å². The Bertz CT molecular complexity index is 317. The molecule has 1 unspecified atom stereocenters. The van der Waals surface area contributed by atoms with E-state index in [2.05, 4.69) is 11.9 Å². The minimum absolute atomic E-state index is 0.159. The molecule has 0 bridgehead atoms. The van der Waals surface area contributed by atoms with E-state index in [0.29, 0.717) is 12.1 Å². The Morgan fingerprint density at radius 2 is 2.36 bits per heavy atom. The summed E-state index contributed by atoms with van der Waals surface area (Å²) in [6.07, 6.45) is 1.79. The highest BCUT2D eigenvalue weighted by molar-refractivity contribution is 5.85. The fraction of sp³-hybridized carbons (Fsp3) is 0.400. The number of allylic oxidation sites excluding steroid dienone is 1. The Labute approximate surface area is 82.6 Å². The van der Waals surface area contributed by atoms with Crippen molar-refractivity contribution >= 4 is 11.9 Å². The standard InChI is InChI=1S/C10H13NO3/c1-6-4-9(5-10(13)14-6)7(2)11-8(3)12/h5-6H,2,4H2,1,3H3,(H,11,12). The number of ether oxygens (including phenoxy) is 1. The highest BCUT2D eigenvalue weighted by Crippen LogP contribution is 2.19. The Balaban J connectivity index is 2.72. The molecule has 1 atom stereocenters. The molecule has 0 aliphatic carbocycles. The first-order valence-electron chi connectivity index (χ1n) is 4.37. The van der Waals surface area contributed by atoms with Gasteiger partial charge in [-0.15, -0.1) is 0 Å². The van der Waals surface area contributed by atoms with Gasteiger partial charge in [0, 0.05) is 25.1 Å². The van der Waals surface area contributed by atoms with E-state index in [0.717, 1.165) is 5.57 Å². The van der Waals surface area contributed by atoms with Crippen LogP contribution in [-0.4, -0.2) is 18.0 Å². The summed E-state index contributed by atoms with van der Waals surface area (Å²) in [7, 11) is 0. The second kappa shape index (κ2) is 4.09. The van der Waals surface area contributed by atoms with Crippen LogP contribution in [0.15, 0.2) is 23.9 Å². The van der Waals surface area contributed by atoms with Gasteiger partial charge in [-0.1, -0.05) is 6.58 Å². The Morgan fingerprint density at radius 3 is 2.86 bits per heavy atom. The Morgan fingerprint density at radius 1 is 1.71 bits per heavy atom. The lowest BCUT2D eigenvalue weighted by molar-refractivity contribution is -0.143. The average Bonchev–Trinajstić information content (AvgIpc) is 2.00. The molecule has 0 spiro atoms. The second-order valence-corrected chi connectivity index (χ2v) is 3.28. The number of carbonyl (C=O) groups is 2. The molecule has 0 aromatic heterocycles. The first kappa shape index (κ1) is 10.5. The van der Waals surface area contributed by atoms with Gasteiger partial charge in [0.25, 0.3) is 0 Å². The van der Waals surface area contributed by atoms with Crippen molar-refractivity contribution in [2.45, 2.75) is 26.4 Å². The molecule has 14 heavy (non-hydrogen) atoms. The average molecular weight is 195 g/mol. The van der Waals surface area contributed by atoms with E-state index in [9.17, 15) is 9.59 Å². The third kappa shape index (κ3) is 2.73. The van der Waals surface area contributed by atoms with Crippen molar-refractivity contribution in [3.8, 4) is 0 Å². The fourth-order valence-corrected chi connectivity index (χ4v) is 1.29. The maximum atomic E-state index is 11.0. The molecule has 1 heterocycles. The zero-order valence-corrected chi connectivity index (χ0v) is 8.29. The van der Waals surface area contributed by atoms with Crippen molar-refractivity contribution in [2.75, 3.05) is 0 Å². The van der Waals surface area contributed by atoms with Crippen molar-refractivity contribution in [2.24, 2.45) is 0 Å². The third-order valence-electron chi connectivity index (χ3n) is 1.83. The summed E-state index contributed by atoms with van der Waals surface area (Å²) in [5.41, 5.74) is 1.20. The zero-order chi connectivity index (χ0) is 10.7. The number of hydrogen-bond donors (Lipinski definition) is 1. The summed E-state index contributed by atoms with van der Waals surface area (Å²) in [6, 6.07) is 0. The Kier molecular flexibility index (Phi) is 3.06. The molecular weight excluding hydrogens is 182 g/mol. The largest absolute Gasteiger partial charge is 0.459 e. The van der Waals surface area contributed by atoms with Gasteiger partial charge in [-0.2, -0.15) is 0 Å². The monoisotopic (exact) mass is 195 g/mol. The molecule has 1 aliphatic rings. The molecule has 0 aromatic carbocycles. The van der Waals surface area contributed by atoms with E-state index in [1.165, 1.54) is 13.0 Å². The maximum Gasteiger partial charge on any atom is 0.331 e. The molecule has 1 rings (SSSR count). The smallest absolute Gasteiger partial charge is 0.331 e. The van der Waals surface area contributed by atoms with Crippen LogP contribution in [0, 0.1) is 0 Å². The summed E-state index contributed by atoms with van der Waals surface area (Å²) >= 11 is 0. The van der Waals surface area contributed by atoms with Crippen molar-refractivity contribution in [3.63, 3.8) is 0 Å². The van der Waals surface area contributed by atoms with Crippen LogP contribution < -0.4 is 5.32 Å². The fourth-order valence-electron chi connectivity index (χ4n) is 1.29. The summed E-state index contributed by atoms with van der Waals surface area (Å²) in [5.74, 6) is -0.576. The predicted molar refractivity (Wildman–Crippen MR) is 51.2 cm³/mol. The van der Waals surface area contributed by atoms with Crippen LogP contribution in [0.4, 0.5) is 0 Å². The number of amides is 1. The topological polar surface area (TPSA) is 55.4 Å². The summed E-state index contributed by atoms with van der Waals surface area (Å²) in [5, 5.41) is 2.54. The normalized spacial score (nSPS) is 20.9. The molecular formula is C10H13NO3. The van der Waals surface area contributed by atoms with Gasteiger partial charge < -0.3 is 10.1 Å². The predicted octanol–water partition coefficient (Wildman–Crippen LogP) is 0.898. The van der Waals surface area contributed by atoms with Crippen LogP contribution >= 0.6 is 0 Å². The number of nitrogens with one attached hydrogen (secondary N) is 1. The molecule has 4 heteroatoms. The lowest BCUT2D eigenvalue weighted by Gasteiger charge is -2.20. The molecule has 76 valence electrons. The Hall–Kier alpha value is -1.58. The maximum absolute atomic E-state index is 11.0. The van der Waals surface area contributed by atoms with Gasteiger partial charge in [0.1, 0.15) is 6.10 Å². The number of hydrogen-bond acceptors (Lipinski definition) is 3. The van der Waals surface area contributed by atoms with Gasteiger partial charge in [-0.3, -0.25) is 4.79 Å². The first-order chi connectivity index (χ1) is 6.49. The lowest BCUT2D eigenvalue weighted by Crippen LogP contribution is -2.26. The van der Waals surface area contributed by atoms with E-state index >= 15 is 0 Å². The molecule has 0 saturated heterocycles. The van der Waals surface area contributed by atoms with E-state index in [1.54, 1.807) is 6.92 Å². The number of cyclic esters (lactones) is 1. The highest BCUT2D eigenvalue weighted by atomic mass is 16.5. The molecule has 1 amide bonds. The van der Waals surface area contributed by atoms with Crippen LogP contribution in [0.1, 0.15) is 20.3 Å². The van der Waals surface area contributed by atoms with Gasteiger partial charge >= 0.3 is 5.97 Å². The van der Waals surface area contributed by atoms with Gasteiger partial charge in [0.2, 0.25) is 5.91 Å². The minimum Gasteiger partial charge on any atom is -0.459 e. The van der Waals surface area contributed by atoms with Crippen molar-refractivity contribution in [1.29, 1.82) is 0 Å². The van der Waals surface area contributed by atoms with Crippen LogP contribution in [0.3, 0.4) is 0 Å². The molecule has 0 radical (unpaired) electrons. The first-order valence-corrected chi connectivity index (χ1v) is 4.37. The van der Waals surface area contributed by atoms with Crippen molar-refractivity contribution < 1.29 is 14.3 Å². The highest BCUT2D eigenvalue weighted by Gasteiger charge is 2.19. The van der Waals surface area contributed by atoms with Crippen LogP contribution in [0.25, 0.3) is 0 Å². The molecule has 0 saturated carbocycles. The summed E-state index contributed by atoms with van der Waals surface area (Å²) in [6.45, 7) is 6.88. The van der Waals surface area contributed by atoms with Crippen molar-refractivity contribution in [3.05, 3.63) is 23.9 Å². The molecule has 1 N–H and O–H groups in total. The summed E-state index contributed by atoms with van der Waals surface area (Å²) < 4.78 is 4.90. The lowest BCUT2D eigenvalue weighted by atomic mass is 10.0. The number of esters is 1. The van der Waals surface area contributed by atoms with E-state index in [-0.39, 0.29) is 18.0 Å². The van der Waals surface area contributed by atoms with Crippen LogP contribution in [-0.2, 0) is 14.3 Å². The summed E-state index contributed by atoms with van der Waals surface area (Å²) in [4.78, 5) is 21.8. The molecule has 4 nitrogen and oxygen atoms in total. The van der Waals surface area contributed by atoms with Crippen molar-refractivity contribution in [1.82, 2.24) is 5.32 Å². The van der Waals surface area contributed by atoms with E-state index < -0.39 is 0 Å². The number of carbonyl (C=O) groups excluding carboxylic acids is 2.